The van der Waals surface area contributed by atoms with Gasteiger partial charge < -0.3 is 9.88 Å². The fourth-order valence-electron chi connectivity index (χ4n) is 3.80. The molecule has 142 valence electrons. The Morgan fingerprint density at radius 3 is 2.54 bits per heavy atom. The van der Waals surface area contributed by atoms with Crippen LogP contribution in [0.15, 0.2) is 18.2 Å². The molecule has 1 aromatic carbocycles. The van der Waals surface area contributed by atoms with E-state index in [1.165, 1.54) is 38.5 Å². The Balaban J connectivity index is 1.84. The molecule has 2 aromatic rings. The van der Waals surface area contributed by atoms with Crippen LogP contribution in [0, 0.1) is 0 Å². The number of rotatable bonds is 10. The van der Waals surface area contributed by atoms with Gasteiger partial charge in [-0.25, -0.2) is 4.98 Å². The topological polar surface area (TPSA) is 50.2 Å². The number of benzene rings is 1. The zero-order valence-electron chi connectivity index (χ0n) is 16.3. The zero-order valence-corrected chi connectivity index (χ0v) is 16.3. The van der Waals surface area contributed by atoms with Crippen LogP contribution < -0.4 is 5.32 Å². The molecule has 0 saturated carbocycles. The summed E-state index contributed by atoms with van der Waals surface area (Å²) in [7, 11) is 0. The summed E-state index contributed by atoms with van der Waals surface area (Å²) >= 11 is 0. The lowest BCUT2D eigenvalue weighted by atomic mass is 10.2. The summed E-state index contributed by atoms with van der Waals surface area (Å²) < 4.78 is 2.26. The van der Waals surface area contributed by atoms with Gasteiger partial charge in [-0.3, -0.25) is 9.69 Å². The number of amides is 1. The standard InChI is InChI=1S/C21H32N4O/c1-3-5-7-13-24(14-8-6-4-2)16-19-23-18-11-9-10-17-20(18)25(19)15-12-22-21(17)26/h9-11H,3-8,12-16H2,1-2H3,(H,22,26). The summed E-state index contributed by atoms with van der Waals surface area (Å²) in [6.07, 6.45) is 7.55. The highest BCUT2D eigenvalue weighted by atomic mass is 16.1. The van der Waals surface area contributed by atoms with Gasteiger partial charge in [-0.05, 0) is 38.1 Å². The van der Waals surface area contributed by atoms with Crippen molar-refractivity contribution in [2.45, 2.75) is 65.5 Å². The predicted octanol–water partition coefficient (Wildman–Crippen LogP) is 3.96. The number of imidazole rings is 1. The van der Waals surface area contributed by atoms with Crippen LogP contribution in [-0.4, -0.2) is 40.0 Å². The number of para-hydroxylation sites is 1. The van der Waals surface area contributed by atoms with Gasteiger partial charge in [0.05, 0.1) is 23.1 Å². The molecule has 0 fully saturated rings. The molecule has 0 radical (unpaired) electrons. The van der Waals surface area contributed by atoms with E-state index >= 15 is 0 Å². The van der Waals surface area contributed by atoms with Gasteiger partial charge in [-0.2, -0.15) is 0 Å². The van der Waals surface area contributed by atoms with Crippen molar-refractivity contribution in [3.63, 3.8) is 0 Å². The molecule has 3 rings (SSSR count). The zero-order chi connectivity index (χ0) is 18.4. The van der Waals surface area contributed by atoms with E-state index in [0.717, 1.165) is 48.6 Å². The minimum Gasteiger partial charge on any atom is -0.350 e. The molecule has 26 heavy (non-hydrogen) atoms. The number of nitrogens with one attached hydrogen (secondary N) is 1. The quantitative estimate of drug-likeness (QED) is 0.656. The van der Waals surface area contributed by atoms with Crippen LogP contribution in [0.25, 0.3) is 11.0 Å². The first kappa shape index (κ1) is 18.9. The normalized spacial score (nSPS) is 14.0. The highest BCUT2D eigenvalue weighted by molar-refractivity contribution is 6.05. The van der Waals surface area contributed by atoms with Crippen molar-refractivity contribution in [2.75, 3.05) is 19.6 Å². The molecule has 2 heterocycles. The van der Waals surface area contributed by atoms with Crippen LogP contribution in [0.4, 0.5) is 0 Å². The lowest BCUT2D eigenvalue weighted by molar-refractivity contribution is 0.0956. The van der Waals surface area contributed by atoms with Crippen molar-refractivity contribution in [1.82, 2.24) is 19.8 Å². The Hall–Kier alpha value is -1.88. The first-order valence-corrected chi connectivity index (χ1v) is 10.2. The molecule has 1 aromatic heterocycles. The smallest absolute Gasteiger partial charge is 0.253 e. The van der Waals surface area contributed by atoms with Gasteiger partial charge in [0.25, 0.3) is 5.91 Å². The Kier molecular flexibility index (Phi) is 6.67. The Morgan fingerprint density at radius 2 is 1.85 bits per heavy atom. The molecule has 0 spiro atoms. The molecule has 1 aliphatic rings. The highest BCUT2D eigenvalue weighted by Gasteiger charge is 2.21. The van der Waals surface area contributed by atoms with Crippen molar-refractivity contribution >= 4 is 16.9 Å². The van der Waals surface area contributed by atoms with E-state index in [1.807, 2.05) is 18.2 Å². The van der Waals surface area contributed by atoms with E-state index in [-0.39, 0.29) is 5.91 Å². The maximum atomic E-state index is 12.3. The van der Waals surface area contributed by atoms with Crippen molar-refractivity contribution in [2.24, 2.45) is 0 Å². The lowest BCUT2D eigenvalue weighted by Crippen LogP contribution is -2.28. The van der Waals surface area contributed by atoms with Crippen LogP contribution in [0.3, 0.4) is 0 Å². The number of carbonyl (C=O) groups is 1. The number of nitrogens with zero attached hydrogens (tertiary/aromatic N) is 3. The maximum absolute atomic E-state index is 12.3. The minimum atomic E-state index is 0.0172. The number of unbranched alkanes of at least 4 members (excludes halogenated alkanes) is 4. The predicted molar refractivity (Wildman–Crippen MR) is 106 cm³/mol. The van der Waals surface area contributed by atoms with E-state index in [0.29, 0.717) is 6.54 Å². The highest BCUT2D eigenvalue weighted by Crippen LogP contribution is 2.23. The molecule has 1 aliphatic heterocycles. The second kappa shape index (κ2) is 9.17. The third-order valence-corrected chi connectivity index (χ3v) is 5.23. The van der Waals surface area contributed by atoms with Gasteiger partial charge >= 0.3 is 0 Å². The van der Waals surface area contributed by atoms with Crippen molar-refractivity contribution < 1.29 is 4.79 Å². The van der Waals surface area contributed by atoms with Gasteiger partial charge in [-0.1, -0.05) is 45.6 Å². The fraction of sp³-hybridized carbons (Fsp3) is 0.619. The first-order chi connectivity index (χ1) is 12.7. The number of hydrogen-bond acceptors (Lipinski definition) is 3. The molecule has 5 heteroatoms. The second-order valence-electron chi connectivity index (χ2n) is 7.30. The van der Waals surface area contributed by atoms with Gasteiger partial charge in [0.1, 0.15) is 5.82 Å². The molecule has 0 bridgehead atoms. The summed E-state index contributed by atoms with van der Waals surface area (Å²) in [4.78, 5) is 19.8. The summed E-state index contributed by atoms with van der Waals surface area (Å²) in [6.45, 7) is 9.10. The Bertz CT molecular complexity index is 727. The van der Waals surface area contributed by atoms with Crippen LogP contribution in [-0.2, 0) is 13.1 Å². The summed E-state index contributed by atoms with van der Waals surface area (Å²) in [5.74, 6) is 1.11. The maximum Gasteiger partial charge on any atom is 0.253 e. The average Bonchev–Trinajstić information content (AvgIpc) is 2.89. The minimum absolute atomic E-state index is 0.0172. The Morgan fingerprint density at radius 1 is 1.12 bits per heavy atom. The number of hydrogen-bond donors (Lipinski definition) is 1. The summed E-state index contributed by atoms with van der Waals surface area (Å²) in [6, 6.07) is 5.87. The SMILES string of the molecule is CCCCCN(CCCCC)Cc1nc2cccc3c2n1CCNC3=O. The fourth-order valence-corrected chi connectivity index (χ4v) is 3.80. The van der Waals surface area contributed by atoms with Crippen molar-refractivity contribution in [1.29, 1.82) is 0 Å². The summed E-state index contributed by atoms with van der Waals surface area (Å²) in [5.41, 5.74) is 2.69. The molecule has 5 nitrogen and oxygen atoms in total. The first-order valence-electron chi connectivity index (χ1n) is 10.2. The van der Waals surface area contributed by atoms with E-state index in [2.05, 4.69) is 28.6 Å². The average molecular weight is 357 g/mol. The van der Waals surface area contributed by atoms with Gasteiger partial charge in [0, 0.05) is 13.1 Å². The molecule has 0 unspecified atom stereocenters. The number of carbonyl (C=O) groups excluding carboxylic acids is 1. The molecule has 1 amide bonds. The van der Waals surface area contributed by atoms with Crippen LogP contribution >= 0.6 is 0 Å². The molecular formula is C21H32N4O. The van der Waals surface area contributed by atoms with Crippen LogP contribution in [0.1, 0.15) is 68.6 Å². The lowest BCUT2D eigenvalue weighted by Gasteiger charge is -2.22. The van der Waals surface area contributed by atoms with Crippen molar-refractivity contribution in [3.05, 3.63) is 29.6 Å². The van der Waals surface area contributed by atoms with E-state index in [9.17, 15) is 4.79 Å². The van der Waals surface area contributed by atoms with E-state index < -0.39 is 0 Å². The van der Waals surface area contributed by atoms with E-state index in [1.54, 1.807) is 0 Å². The Labute approximate surface area is 156 Å². The van der Waals surface area contributed by atoms with E-state index in [4.69, 9.17) is 4.98 Å². The van der Waals surface area contributed by atoms with Crippen LogP contribution in [0.2, 0.25) is 0 Å². The largest absolute Gasteiger partial charge is 0.350 e. The van der Waals surface area contributed by atoms with Crippen LogP contribution in [0.5, 0.6) is 0 Å². The molecule has 0 saturated heterocycles. The third kappa shape index (κ3) is 4.26. The van der Waals surface area contributed by atoms with Gasteiger partial charge in [0.2, 0.25) is 0 Å². The van der Waals surface area contributed by atoms with Gasteiger partial charge in [-0.15, -0.1) is 0 Å². The summed E-state index contributed by atoms with van der Waals surface area (Å²) in [5, 5.41) is 3.00. The molecule has 0 aliphatic carbocycles. The second-order valence-corrected chi connectivity index (χ2v) is 7.30. The molecule has 0 atom stereocenters. The molecule has 1 N–H and O–H groups in total. The third-order valence-electron chi connectivity index (χ3n) is 5.23. The number of aromatic nitrogens is 2. The van der Waals surface area contributed by atoms with Gasteiger partial charge in [0.15, 0.2) is 0 Å². The molecular weight excluding hydrogens is 324 g/mol. The van der Waals surface area contributed by atoms with Crippen molar-refractivity contribution in [3.8, 4) is 0 Å². The monoisotopic (exact) mass is 356 g/mol.